The third-order valence-electron chi connectivity index (χ3n) is 11.7. The number of anilines is 1. The maximum absolute atomic E-state index is 12.6. The highest BCUT2D eigenvalue weighted by molar-refractivity contribution is 8.03. The summed E-state index contributed by atoms with van der Waals surface area (Å²) >= 11 is 3.49. The molecule has 2 heterocycles. The van der Waals surface area contributed by atoms with E-state index in [1.54, 1.807) is 23.1 Å². The quantitative estimate of drug-likeness (QED) is 0.207. The molecular weight excluding hydrogens is 781 g/mol. The molecule has 0 radical (unpaired) electrons. The molecule has 8 nitrogen and oxygen atoms in total. The van der Waals surface area contributed by atoms with Crippen molar-refractivity contribution in [3.8, 4) is 0 Å². The Bertz CT molecular complexity index is 2570. The van der Waals surface area contributed by atoms with Gasteiger partial charge in [-0.1, -0.05) is 77.8 Å². The van der Waals surface area contributed by atoms with Crippen LogP contribution >= 0.6 is 23.1 Å². The lowest BCUT2D eigenvalue weighted by molar-refractivity contribution is -0.664. The molecule has 1 aromatic heterocycles. The van der Waals surface area contributed by atoms with Crippen LogP contribution in [0.2, 0.25) is 0 Å². The smallest absolute Gasteiger partial charge is 0.316 e. The van der Waals surface area contributed by atoms with Gasteiger partial charge in [-0.05, 0) is 108 Å². The van der Waals surface area contributed by atoms with Gasteiger partial charge in [-0.25, -0.2) is 0 Å². The molecule has 56 heavy (non-hydrogen) atoms. The summed E-state index contributed by atoms with van der Waals surface area (Å²) in [5.74, 6) is -1.09. The summed E-state index contributed by atoms with van der Waals surface area (Å²) in [6.07, 6.45) is 27.8. The summed E-state index contributed by atoms with van der Waals surface area (Å²) in [4.78, 5) is 26.0. The lowest BCUT2D eigenvalue weighted by atomic mass is 9.69. The third-order valence-corrected chi connectivity index (χ3v) is 16.3. The van der Waals surface area contributed by atoms with Gasteiger partial charge in [0, 0.05) is 50.1 Å². The molecule has 4 unspecified atom stereocenters. The molecule has 0 spiro atoms. The van der Waals surface area contributed by atoms with E-state index in [-0.39, 0.29) is 11.5 Å². The van der Waals surface area contributed by atoms with Crippen molar-refractivity contribution in [3.63, 3.8) is 0 Å². The predicted molar refractivity (Wildman–Crippen MR) is 229 cm³/mol. The van der Waals surface area contributed by atoms with E-state index in [0.29, 0.717) is 36.4 Å². The molecule has 2 aromatic carbocycles. The lowest BCUT2D eigenvalue weighted by Gasteiger charge is -2.36. The van der Waals surface area contributed by atoms with Crippen molar-refractivity contribution in [1.82, 2.24) is 0 Å². The van der Waals surface area contributed by atoms with Crippen LogP contribution < -0.4 is 19.9 Å². The number of aliphatic carboxylic acids is 2. The van der Waals surface area contributed by atoms with Crippen LogP contribution in [0.15, 0.2) is 86.9 Å². The standard InChI is InChI=1S/C44H42N2O6S4/c47-41(48)25-55(51)17-15-45-39(53-37-13-11-29-3-1-5-35(29)43(37)45)21-27-7-9-31-23-32-10-8-28(20-34(32)24-33(31)19-27)22-40-46(16-18-56(52)26-42(49)50)44-36-6-2-4-30(36)12-14-38(44)54-40/h1,4-6,11-14,19-22,24,31-32H,2-3,7-10,15-18,23,25-26H2,(H-,47,48,49,50)/p+1. The van der Waals surface area contributed by atoms with Crippen LogP contribution in [0.3, 0.4) is 0 Å². The zero-order valence-electron chi connectivity index (χ0n) is 30.9. The second kappa shape index (κ2) is 15.7. The van der Waals surface area contributed by atoms with Gasteiger partial charge >= 0.3 is 11.9 Å². The first-order valence-corrected chi connectivity index (χ1v) is 23.9. The molecule has 0 bridgehead atoms. The number of allylic oxidation sites excluding steroid dienone is 9. The van der Waals surface area contributed by atoms with Crippen molar-refractivity contribution in [3.05, 3.63) is 109 Å². The van der Waals surface area contributed by atoms with Gasteiger partial charge in [0.25, 0.3) is 5.01 Å². The van der Waals surface area contributed by atoms with Crippen molar-refractivity contribution in [1.29, 1.82) is 0 Å². The first kappa shape index (κ1) is 37.5. The average Bonchev–Trinajstić information content (AvgIpc) is 3.96. The van der Waals surface area contributed by atoms with Crippen LogP contribution in [-0.2, 0) is 44.2 Å². The number of carboxylic acid groups (broad SMARTS) is 2. The van der Waals surface area contributed by atoms with E-state index in [0.717, 1.165) is 66.2 Å². The monoisotopic (exact) mass is 823 g/mol. The van der Waals surface area contributed by atoms with Gasteiger partial charge < -0.3 is 15.1 Å². The summed E-state index contributed by atoms with van der Waals surface area (Å²) < 4.78 is 28.7. The average molecular weight is 824 g/mol. The van der Waals surface area contributed by atoms with Crippen molar-refractivity contribution in [2.45, 2.75) is 56.4 Å². The molecule has 1 aliphatic heterocycles. The summed E-state index contributed by atoms with van der Waals surface area (Å²) in [7, 11) is -2.89. The van der Waals surface area contributed by atoms with Crippen LogP contribution in [0, 0.1) is 11.8 Å². The van der Waals surface area contributed by atoms with Gasteiger partial charge in [-0.3, -0.25) is 18.0 Å². The van der Waals surface area contributed by atoms with Crippen LogP contribution in [0.1, 0.15) is 54.7 Å². The molecule has 0 saturated heterocycles. The van der Waals surface area contributed by atoms with E-state index >= 15 is 0 Å². The van der Waals surface area contributed by atoms with E-state index in [2.05, 4.69) is 88.4 Å². The predicted octanol–water partition coefficient (Wildman–Crippen LogP) is 6.23. The molecule has 12 heteroatoms. The Hall–Kier alpha value is -4.10. The number of rotatable bonds is 12. The molecule has 5 aliphatic carbocycles. The minimum absolute atomic E-state index is 0.291. The number of fused-ring (bicyclic) bond motifs is 8. The molecule has 4 atom stereocenters. The number of carbonyl (C=O) groups is 2. The number of aryl methyl sites for hydroxylation is 1. The Labute approximate surface area is 339 Å². The van der Waals surface area contributed by atoms with Gasteiger partial charge in [-0.2, -0.15) is 4.57 Å². The topological polar surface area (TPSA) is 116 Å². The van der Waals surface area contributed by atoms with Crippen LogP contribution in [0.4, 0.5) is 5.69 Å². The van der Waals surface area contributed by atoms with Gasteiger partial charge in [0.2, 0.25) is 5.52 Å². The SMILES string of the molecule is O=C(O)CS(=O)CCN1C(=CC2=CC3=CC4=CC(=Cc5sc6ccc7c(c6[n+]5CCS(=O)CC(=O)O)C=CC7)CCC4CC3CC2)Sc2ccc3c(c21)=CCC=3. The fraction of sp³-hybridized carbons (Fsp3) is 0.341. The minimum atomic E-state index is -1.45. The largest absolute Gasteiger partial charge is 0.481 e. The van der Waals surface area contributed by atoms with E-state index in [4.69, 9.17) is 0 Å². The zero-order chi connectivity index (χ0) is 38.5. The van der Waals surface area contributed by atoms with Gasteiger partial charge in [0.15, 0.2) is 6.54 Å². The number of benzene rings is 2. The van der Waals surface area contributed by atoms with Crippen molar-refractivity contribution < 1.29 is 32.8 Å². The van der Waals surface area contributed by atoms with Gasteiger partial charge in [-0.15, -0.1) is 0 Å². The molecule has 6 aliphatic rings. The van der Waals surface area contributed by atoms with Gasteiger partial charge in [0.05, 0.1) is 22.0 Å². The second-order valence-corrected chi connectivity index (χ2v) is 20.6. The summed E-state index contributed by atoms with van der Waals surface area (Å²) in [6, 6.07) is 8.74. The highest BCUT2D eigenvalue weighted by Gasteiger charge is 2.33. The highest BCUT2D eigenvalue weighted by atomic mass is 32.2. The Morgan fingerprint density at radius 2 is 1.70 bits per heavy atom. The minimum Gasteiger partial charge on any atom is -0.481 e. The number of hydrogen-bond donors (Lipinski definition) is 2. The van der Waals surface area contributed by atoms with Crippen LogP contribution in [0.25, 0.3) is 34.5 Å². The Balaban J connectivity index is 1.02. The Morgan fingerprint density at radius 3 is 2.52 bits per heavy atom. The van der Waals surface area contributed by atoms with Crippen LogP contribution in [-0.4, -0.2) is 60.1 Å². The molecule has 288 valence electrons. The lowest BCUT2D eigenvalue weighted by Crippen LogP contribution is -2.39. The van der Waals surface area contributed by atoms with E-state index in [9.17, 15) is 28.2 Å². The summed E-state index contributed by atoms with van der Waals surface area (Å²) in [6.45, 7) is 0.995. The fourth-order valence-corrected chi connectivity index (χ4v) is 13.0. The molecule has 3 aromatic rings. The number of aromatic nitrogens is 1. The maximum atomic E-state index is 12.6. The summed E-state index contributed by atoms with van der Waals surface area (Å²) in [5, 5.41) is 23.1. The molecule has 0 amide bonds. The number of hydrogen-bond acceptors (Lipinski definition) is 7. The molecule has 9 rings (SSSR count). The van der Waals surface area contributed by atoms with Gasteiger partial charge in [0.1, 0.15) is 16.2 Å². The van der Waals surface area contributed by atoms with E-state index in [1.165, 1.54) is 53.5 Å². The van der Waals surface area contributed by atoms with E-state index < -0.39 is 33.5 Å². The number of carboxylic acids is 2. The molecule has 2 N–H and O–H groups in total. The fourth-order valence-electron chi connectivity index (χ4n) is 9.07. The Kier molecular flexibility index (Phi) is 10.5. The van der Waals surface area contributed by atoms with E-state index in [1.807, 2.05) is 0 Å². The van der Waals surface area contributed by atoms with Crippen molar-refractivity contribution in [2.24, 2.45) is 11.8 Å². The first-order valence-electron chi connectivity index (χ1n) is 19.3. The third kappa shape index (κ3) is 7.53. The van der Waals surface area contributed by atoms with Crippen molar-refractivity contribution >= 4 is 96.8 Å². The second-order valence-electron chi connectivity index (χ2n) is 15.3. The van der Waals surface area contributed by atoms with Crippen molar-refractivity contribution in [2.75, 3.05) is 34.5 Å². The molecule has 0 saturated carbocycles. The number of thioether (sulfide) groups is 1. The maximum Gasteiger partial charge on any atom is 0.316 e. The number of thiazole rings is 1. The molecular formula is C44H43N2O6S4+. The summed E-state index contributed by atoms with van der Waals surface area (Å²) in [5.41, 5.74) is 10.1. The normalized spacial score (nSPS) is 23.0. The Morgan fingerprint density at radius 1 is 0.911 bits per heavy atom. The first-order chi connectivity index (χ1) is 27.2. The zero-order valence-corrected chi connectivity index (χ0v) is 34.2. The van der Waals surface area contributed by atoms with Crippen LogP contribution in [0.5, 0.6) is 0 Å². The highest BCUT2D eigenvalue weighted by Crippen LogP contribution is 2.48. The molecule has 0 fully saturated rings. The number of nitrogens with zero attached hydrogens (tertiary/aromatic N) is 2.